The van der Waals surface area contributed by atoms with Gasteiger partial charge in [-0.1, -0.05) is 18.2 Å². The molecule has 1 unspecified atom stereocenters. The molecule has 4 heteroatoms. The van der Waals surface area contributed by atoms with E-state index in [4.69, 9.17) is 4.74 Å². The Hall–Kier alpha value is -1.39. The first-order valence-corrected chi connectivity index (χ1v) is 7.28. The van der Waals surface area contributed by atoms with Crippen molar-refractivity contribution in [2.75, 3.05) is 25.1 Å². The molecule has 3 rings (SSSR count). The number of para-hydroxylation sites is 1. The number of nitrogens with one attached hydrogen (secondary N) is 1. The summed E-state index contributed by atoms with van der Waals surface area (Å²) in [6.45, 7) is 1.52. The molecule has 0 radical (unpaired) electrons. The average molecular weight is 275 g/mol. The normalized spacial score (nSPS) is 27.2. The molecule has 1 saturated carbocycles. The van der Waals surface area contributed by atoms with Gasteiger partial charge in [0.15, 0.2) is 0 Å². The highest BCUT2D eigenvalue weighted by molar-refractivity contribution is 5.98. The Bertz CT molecular complexity index is 482. The van der Waals surface area contributed by atoms with Crippen LogP contribution in [0.3, 0.4) is 0 Å². The summed E-state index contributed by atoms with van der Waals surface area (Å²) in [5.74, 6) is 0.0552. The summed E-state index contributed by atoms with van der Waals surface area (Å²) in [6.07, 6.45) is 3.28. The number of hydrogen-bond acceptors (Lipinski definition) is 3. The molecule has 20 heavy (non-hydrogen) atoms. The number of benzene rings is 1. The van der Waals surface area contributed by atoms with E-state index in [-0.39, 0.29) is 17.9 Å². The van der Waals surface area contributed by atoms with Crippen LogP contribution >= 0.6 is 0 Å². The fraction of sp³-hybridized carbons (Fsp3) is 0.562. The first kappa shape index (κ1) is 13.6. The van der Waals surface area contributed by atoms with Crippen LogP contribution in [-0.2, 0) is 9.53 Å². The number of hydrogen-bond donors (Lipinski definition) is 2. The first-order valence-electron chi connectivity index (χ1n) is 7.28. The Balaban J connectivity index is 1.76. The van der Waals surface area contributed by atoms with Crippen molar-refractivity contribution in [1.82, 2.24) is 0 Å². The summed E-state index contributed by atoms with van der Waals surface area (Å²) in [5.41, 5.74) is 0.470. The zero-order valence-corrected chi connectivity index (χ0v) is 11.6. The van der Waals surface area contributed by atoms with Gasteiger partial charge in [0.2, 0.25) is 5.91 Å². The topological polar surface area (TPSA) is 58.6 Å². The van der Waals surface area contributed by atoms with Crippen LogP contribution in [0.1, 0.15) is 25.7 Å². The number of ether oxygens (including phenoxy) is 1. The van der Waals surface area contributed by atoms with Crippen molar-refractivity contribution in [3.05, 3.63) is 30.3 Å². The maximum Gasteiger partial charge on any atom is 0.231 e. The second-order valence-electron chi connectivity index (χ2n) is 5.95. The van der Waals surface area contributed by atoms with Gasteiger partial charge in [-0.25, -0.2) is 0 Å². The number of anilines is 1. The molecule has 1 aliphatic carbocycles. The third-order valence-electron chi connectivity index (χ3n) is 4.99. The molecule has 1 aliphatic heterocycles. The molecule has 108 valence electrons. The minimum atomic E-state index is -0.401. The Kier molecular flexibility index (Phi) is 3.52. The van der Waals surface area contributed by atoms with E-state index >= 15 is 0 Å². The van der Waals surface area contributed by atoms with E-state index in [1.165, 1.54) is 0 Å². The van der Waals surface area contributed by atoms with Gasteiger partial charge < -0.3 is 15.2 Å². The van der Waals surface area contributed by atoms with Crippen LogP contribution in [0.5, 0.6) is 0 Å². The van der Waals surface area contributed by atoms with Crippen molar-refractivity contribution in [1.29, 1.82) is 0 Å². The molecule has 2 fully saturated rings. The van der Waals surface area contributed by atoms with Crippen LogP contribution < -0.4 is 5.32 Å². The summed E-state index contributed by atoms with van der Waals surface area (Å²) in [4.78, 5) is 12.7. The second kappa shape index (κ2) is 5.19. The third-order valence-corrected chi connectivity index (χ3v) is 4.99. The molecule has 0 aromatic heterocycles. The van der Waals surface area contributed by atoms with Crippen LogP contribution in [0.25, 0.3) is 0 Å². The summed E-state index contributed by atoms with van der Waals surface area (Å²) in [7, 11) is 0. The first-order chi connectivity index (χ1) is 9.72. The van der Waals surface area contributed by atoms with Gasteiger partial charge in [-0.05, 0) is 43.2 Å². The lowest BCUT2D eigenvalue weighted by atomic mass is 9.83. The smallest absolute Gasteiger partial charge is 0.231 e. The summed E-state index contributed by atoms with van der Waals surface area (Å²) in [6, 6.07) is 9.53. The quantitative estimate of drug-likeness (QED) is 0.885. The molecular weight excluding hydrogens is 254 g/mol. The maximum absolute atomic E-state index is 12.7. The molecule has 1 atom stereocenters. The van der Waals surface area contributed by atoms with Gasteiger partial charge in [0.25, 0.3) is 0 Å². The van der Waals surface area contributed by atoms with E-state index in [0.29, 0.717) is 6.42 Å². The average Bonchev–Trinajstić information content (AvgIpc) is 3.08. The lowest BCUT2D eigenvalue weighted by molar-refractivity contribution is -0.124. The summed E-state index contributed by atoms with van der Waals surface area (Å²) < 4.78 is 5.42. The van der Waals surface area contributed by atoms with Crippen molar-refractivity contribution in [3.8, 4) is 0 Å². The van der Waals surface area contributed by atoms with Crippen molar-refractivity contribution in [3.63, 3.8) is 0 Å². The lowest BCUT2D eigenvalue weighted by Gasteiger charge is -2.28. The highest BCUT2D eigenvalue weighted by Gasteiger charge is 2.70. The zero-order chi connectivity index (χ0) is 14.1. The molecule has 1 heterocycles. The number of carbonyl (C=O) groups excluding carboxylic acids is 1. The number of rotatable bonds is 4. The van der Waals surface area contributed by atoms with Gasteiger partial charge in [-0.2, -0.15) is 0 Å². The van der Waals surface area contributed by atoms with E-state index in [0.717, 1.165) is 38.2 Å². The molecule has 4 nitrogen and oxygen atoms in total. The standard InChI is InChI=1S/C16H21NO3/c18-9-6-16(12-15(16)7-10-20-11-8-15)14(19)17-13-4-2-1-3-5-13/h1-5,18H,6-12H2,(H,17,19). The van der Waals surface area contributed by atoms with Crippen molar-refractivity contribution in [2.24, 2.45) is 10.8 Å². The van der Waals surface area contributed by atoms with Gasteiger partial charge in [-0.15, -0.1) is 0 Å². The van der Waals surface area contributed by atoms with E-state index in [2.05, 4.69) is 5.32 Å². The Labute approximate surface area is 119 Å². The van der Waals surface area contributed by atoms with Crippen LogP contribution in [0, 0.1) is 10.8 Å². The van der Waals surface area contributed by atoms with Gasteiger partial charge in [0, 0.05) is 25.5 Å². The molecule has 0 bridgehead atoms. The van der Waals surface area contributed by atoms with E-state index < -0.39 is 5.41 Å². The Morgan fingerprint density at radius 1 is 1.25 bits per heavy atom. The maximum atomic E-state index is 12.7. The number of aliphatic hydroxyl groups excluding tert-OH is 1. The lowest BCUT2D eigenvalue weighted by Crippen LogP contribution is -2.33. The highest BCUT2D eigenvalue weighted by Crippen LogP contribution is 2.70. The minimum absolute atomic E-state index is 0.0485. The van der Waals surface area contributed by atoms with Crippen LogP contribution in [0.2, 0.25) is 0 Å². The van der Waals surface area contributed by atoms with E-state index in [1.54, 1.807) is 0 Å². The molecule has 1 aromatic rings. The van der Waals surface area contributed by atoms with Gasteiger partial charge in [0.05, 0.1) is 5.41 Å². The zero-order valence-electron chi connectivity index (χ0n) is 11.6. The van der Waals surface area contributed by atoms with Crippen molar-refractivity contribution in [2.45, 2.75) is 25.7 Å². The predicted octanol–water partition coefficient (Wildman–Crippen LogP) is 2.19. The molecular formula is C16H21NO3. The molecule has 1 aromatic carbocycles. The second-order valence-corrected chi connectivity index (χ2v) is 5.95. The van der Waals surface area contributed by atoms with E-state index in [9.17, 15) is 9.90 Å². The van der Waals surface area contributed by atoms with Crippen LogP contribution in [-0.4, -0.2) is 30.8 Å². The molecule has 2 N–H and O–H groups in total. The summed E-state index contributed by atoms with van der Waals surface area (Å²) in [5, 5.41) is 12.4. The van der Waals surface area contributed by atoms with Crippen molar-refractivity contribution >= 4 is 11.6 Å². The van der Waals surface area contributed by atoms with Gasteiger partial charge >= 0.3 is 0 Å². The van der Waals surface area contributed by atoms with Crippen LogP contribution in [0.15, 0.2) is 30.3 Å². The fourth-order valence-electron chi connectivity index (χ4n) is 3.70. The van der Waals surface area contributed by atoms with Gasteiger partial charge in [-0.3, -0.25) is 4.79 Å². The van der Waals surface area contributed by atoms with Gasteiger partial charge in [0.1, 0.15) is 0 Å². The Morgan fingerprint density at radius 3 is 2.60 bits per heavy atom. The predicted molar refractivity (Wildman–Crippen MR) is 76.3 cm³/mol. The number of aliphatic hydroxyl groups is 1. The van der Waals surface area contributed by atoms with Crippen molar-refractivity contribution < 1.29 is 14.6 Å². The largest absolute Gasteiger partial charge is 0.396 e. The summed E-state index contributed by atoms with van der Waals surface area (Å²) >= 11 is 0. The molecule has 2 aliphatic rings. The number of amides is 1. The van der Waals surface area contributed by atoms with E-state index in [1.807, 2.05) is 30.3 Å². The molecule has 1 amide bonds. The third kappa shape index (κ3) is 2.13. The SMILES string of the molecule is O=C(Nc1ccccc1)C1(CCO)CC12CCOCC2. The fourth-order valence-corrected chi connectivity index (χ4v) is 3.70. The molecule has 1 saturated heterocycles. The highest BCUT2D eigenvalue weighted by atomic mass is 16.5. The monoisotopic (exact) mass is 275 g/mol. The number of carbonyl (C=O) groups is 1. The van der Waals surface area contributed by atoms with Crippen LogP contribution in [0.4, 0.5) is 5.69 Å². The Morgan fingerprint density at radius 2 is 1.95 bits per heavy atom. The molecule has 1 spiro atoms. The minimum Gasteiger partial charge on any atom is -0.396 e.